The molecule has 6 rings (SSSR count). The average Bonchev–Trinajstić information content (AvgIpc) is 3.79. The minimum atomic E-state index is -0.442. The van der Waals surface area contributed by atoms with Crippen LogP contribution in [0.15, 0.2) is 133 Å². The number of carbonyl (C=O) groups is 2. The molecule has 3 heterocycles. The van der Waals surface area contributed by atoms with Crippen LogP contribution in [0.2, 0.25) is 0 Å². The van der Waals surface area contributed by atoms with E-state index in [1.165, 1.54) is 35.9 Å². The predicted molar refractivity (Wildman–Crippen MR) is 233 cm³/mol. The quantitative estimate of drug-likeness (QED) is 0.0462. The lowest BCUT2D eigenvalue weighted by molar-refractivity contribution is -0.384. The van der Waals surface area contributed by atoms with E-state index in [9.17, 15) is 29.8 Å². The molecule has 14 nitrogen and oxygen atoms in total. The largest absolute Gasteiger partial charge is 0.320 e. The first-order valence-electron chi connectivity index (χ1n) is 18.9. The molecule has 15 heteroatoms. The first-order valence-corrected chi connectivity index (χ1v) is 19.7. The third kappa shape index (κ3) is 11.5. The lowest BCUT2D eigenvalue weighted by Crippen LogP contribution is -2.26. The molecule has 0 radical (unpaired) electrons. The molecule has 304 valence electrons. The molecule has 0 aliphatic heterocycles. The number of benzene rings is 3. The van der Waals surface area contributed by atoms with Crippen LogP contribution in [-0.2, 0) is 0 Å². The summed E-state index contributed by atoms with van der Waals surface area (Å²) >= 11 is 1.37. The number of para-hydroxylation sites is 2. The van der Waals surface area contributed by atoms with E-state index in [0.29, 0.717) is 46.0 Å². The summed E-state index contributed by atoms with van der Waals surface area (Å²) in [6.07, 6.45) is 4.56. The molecule has 59 heavy (non-hydrogen) atoms. The second-order valence-electron chi connectivity index (χ2n) is 13.9. The zero-order chi connectivity index (χ0) is 42.3. The first kappa shape index (κ1) is 43.4. The van der Waals surface area contributed by atoms with Crippen LogP contribution < -0.4 is 9.80 Å². The molecule has 0 aliphatic rings. The van der Waals surface area contributed by atoms with Gasteiger partial charge in [-0.15, -0.1) is 11.3 Å². The van der Waals surface area contributed by atoms with Gasteiger partial charge in [0.15, 0.2) is 5.78 Å². The van der Waals surface area contributed by atoms with E-state index in [-0.39, 0.29) is 34.6 Å². The number of nitrogens with zero attached hydrogens (tertiary/aromatic N) is 8. The molecule has 0 fully saturated rings. The number of anilines is 4. The fourth-order valence-electron chi connectivity index (χ4n) is 6.34. The summed E-state index contributed by atoms with van der Waals surface area (Å²) in [7, 11) is 7.89. The third-order valence-electron chi connectivity index (χ3n) is 9.07. The van der Waals surface area contributed by atoms with Gasteiger partial charge < -0.3 is 19.6 Å². The molecule has 6 aromatic rings. The summed E-state index contributed by atoms with van der Waals surface area (Å²) in [5.74, 6) is 0.228. The highest BCUT2D eigenvalue weighted by atomic mass is 32.1. The molecule has 0 atom stereocenters. The minimum Gasteiger partial charge on any atom is -0.320 e. The van der Waals surface area contributed by atoms with Crippen LogP contribution in [0.5, 0.6) is 0 Å². The van der Waals surface area contributed by atoms with Gasteiger partial charge in [-0.1, -0.05) is 60.7 Å². The molecule has 0 N–H and O–H groups in total. The van der Waals surface area contributed by atoms with Crippen molar-refractivity contribution in [2.24, 2.45) is 0 Å². The fraction of sp³-hybridized carbons (Fsp3) is 0.227. The summed E-state index contributed by atoms with van der Waals surface area (Å²) in [6.45, 7) is 2.57. The van der Waals surface area contributed by atoms with E-state index in [4.69, 9.17) is 0 Å². The van der Waals surface area contributed by atoms with Crippen molar-refractivity contribution in [2.75, 3.05) is 64.2 Å². The van der Waals surface area contributed by atoms with E-state index < -0.39 is 9.85 Å². The molecular formula is C44H46N8O6S. The number of rotatable bonds is 18. The van der Waals surface area contributed by atoms with Gasteiger partial charge in [0, 0.05) is 54.3 Å². The zero-order valence-corrected chi connectivity index (χ0v) is 34.2. The molecular weight excluding hydrogens is 769 g/mol. The second-order valence-corrected chi connectivity index (χ2v) is 14.8. The van der Waals surface area contributed by atoms with E-state index in [1.807, 2.05) is 91.9 Å². The van der Waals surface area contributed by atoms with Crippen molar-refractivity contribution in [2.45, 2.75) is 12.8 Å². The Labute approximate surface area is 347 Å². The fourth-order valence-corrected chi connectivity index (χ4v) is 7.01. The maximum atomic E-state index is 13.2. The van der Waals surface area contributed by atoms with Crippen molar-refractivity contribution in [3.63, 3.8) is 0 Å². The number of hydrogen-bond acceptors (Lipinski definition) is 13. The molecule has 0 unspecified atom stereocenters. The zero-order valence-electron chi connectivity index (χ0n) is 33.4. The molecule has 0 saturated heterocycles. The van der Waals surface area contributed by atoms with Gasteiger partial charge in [-0.2, -0.15) is 0 Å². The van der Waals surface area contributed by atoms with Crippen LogP contribution in [0.1, 0.15) is 44.0 Å². The Kier molecular flexibility index (Phi) is 15.6. The van der Waals surface area contributed by atoms with E-state index >= 15 is 0 Å². The number of pyridine rings is 2. The number of hydrogen-bond donors (Lipinski definition) is 0. The Bertz CT molecular complexity index is 2340. The number of ketones is 2. The topological polar surface area (TPSA) is 159 Å². The summed E-state index contributed by atoms with van der Waals surface area (Å²) in [4.78, 5) is 65.6. The summed E-state index contributed by atoms with van der Waals surface area (Å²) in [5.41, 5.74) is 2.58. The minimum absolute atomic E-state index is 0.0873. The van der Waals surface area contributed by atoms with Crippen molar-refractivity contribution < 1.29 is 19.4 Å². The van der Waals surface area contributed by atoms with Crippen LogP contribution in [-0.4, -0.2) is 95.6 Å². The molecule has 0 saturated carbocycles. The average molecular weight is 815 g/mol. The maximum absolute atomic E-state index is 13.2. The highest BCUT2D eigenvalue weighted by Gasteiger charge is 2.27. The van der Waals surface area contributed by atoms with Crippen LogP contribution in [0.4, 0.5) is 34.4 Å². The van der Waals surface area contributed by atoms with E-state index in [1.54, 1.807) is 64.4 Å². The highest BCUT2D eigenvalue weighted by Crippen LogP contribution is 2.36. The Morgan fingerprint density at radius 1 is 0.559 bits per heavy atom. The van der Waals surface area contributed by atoms with Gasteiger partial charge in [0.1, 0.15) is 0 Å². The van der Waals surface area contributed by atoms with Gasteiger partial charge in [-0.3, -0.25) is 29.8 Å². The standard InChI is InChI=1S/C23H24N4O3.C21H22N4O3S/c1-25(2)16-9-17-26(23-21(27(29)30)14-8-15-24-23)20-13-7-6-12-19(20)22(28)18-10-4-3-5-11-18;1-23(2)13-7-14-24(21-18(25(27)28)10-5-12-22-21)17-9-4-3-8-16(17)20(26)19-11-6-15-29-19/h3-8,10-15H,9,16-17H2,1-2H3;3-6,8-12,15H,7,13-14H2,1-2H3. The number of thiophene rings is 1. The van der Waals surface area contributed by atoms with Gasteiger partial charge in [0.2, 0.25) is 17.4 Å². The van der Waals surface area contributed by atoms with E-state index in [2.05, 4.69) is 9.97 Å². The van der Waals surface area contributed by atoms with Gasteiger partial charge in [0.05, 0.1) is 26.1 Å². The molecule has 0 amide bonds. The first-order chi connectivity index (χ1) is 28.5. The molecule has 3 aromatic heterocycles. The summed E-state index contributed by atoms with van der Waals surface area (Å²) in [5, 5.41) is 25.1. The molecule has 0 spiro atoms. The Morgan fingerprint density at radius 3 is 1.46 bits per heavy atom. The van der Waals surface area contributed by atoms with Crippen molar-refractivity contribution in [3.05, 3.63) is 175 Å². The van der Waals surface area contributed by atoms with Crippen LogP contribution in [0.3, 0.4) is 0 Å². The van der Waals surface area contributed by atoms with E-state index in [0.717, 1.165) is 25.9 Å². The molecule has 0 bridgehead atoms. The molecule has 0 aliphatic carbocycles. The van der Waals surface area contributed by atoms with Gasteiger partial charge in [-0.25, -0.2) is 9.97 Å². The predicted octanol–water partition coefficient (Wildman–Crippen LogP) is 8.68. The summed E-state index contributed by atoms with van der Waals surface area (Å²) < 4.78 is 0. The smallest absolute Gasteiger partial charge is 0.311 e. The Morgan fingerprint density at radius 2 is 1.02 bits per heavy atom. The van der Waals surface area contributed by atoms with Crippen LogP contribution in [0, 0.1) is 20.2 Å². The summed E-state index contributed by atoms with van der Waals surface area (Å²) in [6, 6.07) is 33.0. The van der Waals surface area contributed by atoms with Crippen molar-refractivity contribution in [1.29, 1.82) is 0 Å². The van der Waals surface area contributed by atoms with Gasteiger partial charge >= 0.3 is 11.4 Å². The van der Waals surface area contributed by atoms with Crippen molar-refractivity contribution >= 4 is 57.3 Å². The van der Waals surface area contributed by atoms with Crippen LogP contribution >= 0.6 is 11.3 Å². The van der Waals surface area contributed by atoms with Crippen LogP contribution in [0.25, 0.3) is 0 Å². The second kappa shape index (κ2) is 21.2. The number of aromatic nitrogens is 2. The third-order valence-corrected chi connectivity index (χ3v) is 9.94. The lowest BCUT2D eigenvalue weighted by atomic mass is 10.0. The number of carbonyl (C=O) groups excluding carboxylic acids is 2. The molecule has 3 aromatic carbocycles. The maximum Gasteiger partial charge on any atom is 0.311 e. The Hall–Kier alpha value is -6.68. The van der Waals surface area contributed by atoms with Crippen molar-refractivity contribution in [3.8, 4) is 0 Å². The highest BCUT2D eigenvalue weighted by molar-refractivity contribution is 7.12. The lowest BCUT2D eigenvalue weighted by Gasteiger charge is -2.26. The normalized spacial score (nSPS) is 10.8. The Balaban J connectivity index is 0.000000224. The SMILES string of the molecule is CN(C)CCCN(c1ccccc1C(=O)c1ccccc1)c1ncccc1[N+](=O)[O-].CN(C)CCCN(c1ccccc1C(=O)c1cccs1)c1ncccc1[N+](=O)[O-]. The van der Waals surface area contributed by atoms with Gasteiger partial charge in [-0.05, 0) is 102 Å². The monoisotopic (exact) mass is 814 g/mol. The van der Waals surface area contributed by atoms with Crippen molar-refractivity contribution in [1.82, 2.24) is 19.8 Å². The van der Waals surface area contributed by atoms with Gasteiger partial charge in [0.25, 0.3) is 0 Å². The number of nitro groups is 2.